The number of ketones is 1. The molecule has 0 atom stereocenters. The molecule has 0 aliphatic carbocycles. The summed E-state index contributed by atoms with van der Waals surface area (Å²) in [5.74, 6) is -1.67. The van der Waals surface area contributed by atoms with Crippen LogP contribution in [0, 0.1) is 0 Å². The Kier molecular flexibility index (Phi) is 2.44. The van der Waals surface area contributed by atoms with Gasteiger partial charge in [-0.3, -0.25) is 9.59 Å². The van der Waals surface area contributed by atoms with Crippen molar-refractivity contribution < 1.29 is 9.59 Å². The number of Topliss-reactive ketones (excluding diaryl/α,β-unsaturated/α-hetero) is 1. The molecule has 0 fully saturated rings. The van der Waals surface area contributed by atoms with Gasteiger partial charge < -0.3 is 5.73 Å². The predicted molar refractivity (Wildman–Crippen MR) is 28.1 cm³/mol. The monoisotopic (exact) mass is 119 g/mol. The third kappa shape index (κ3) is 2.22. The average molecular weight is 119 g/mol. The van der Waals surface area contributed by atoms with Crippen molar-refractivity contribution in [3.63, 3.8) is 0 Å². The van der Waals surface area contributed by atoms with Crippen LogP contribution in [0.25, 0.3) is 0 Å². The Hall–Kier alpha value is -0.510. The molecular formula is C3H5NO2S. The molecule has 0 saturated carbocycles. The van der Waals surface area contributed by atoms with Crippen LogP contribution in [0.2, 0.25) is 0 Å². The van der Waals surface area contributed by atoms with Gasteiger partial charge in [-0.15, -0.1) is 0 Å². The van der Waals surface area contributed by atoms with E-state index in [9.17, 15) is 9.59 Å². The van der Waals surface area contributed by atoms with Crippen LogP contribution < -0.4 is 5.73 Å². The highest BCUT2D eigenvalue weighted by Crippen LogP contribution is 1.73. The second-order valence-electron chi connectivity index (χ2n) is 0.946. The summed E-state index contributed by atoms with van der Waals surface area (Å²) >= 11 is 3.50. The minimum absolute atomic E-state index is 0.102. The maximum atomic E-state index is 9.96. The normalized spacial score (nSPS) is 8.14. The van der Waals surface area contributed by atoms with Crippen molar-refractivity contribution in [3.05, 3.63) is 0 Å². The van der Waals surface area contributed by atoms with E-state index in [4.69, 9.17) is 0 Å². The zero-order chi connectivity index (χ0) is 5.86. The summed E-state index contributed by atoms with van der Waals surface area (Å²) in [5, 5.41) is 0. The Bertz CT molecular complexity index is 101. The molecule has 0 aromatic carbocycles. The molecule has 4 heteroatoms. The van der Waals surface area contributed by atoms with E-state index in [1.165, 1.54) is 0 Å². The largest absolute Gasteiger partial charge is 0.363 e. The summed E-state index contributed by atoms with van der Waals surface area (Å²) in [5.41, 5.74) is 4.51. The van der Waals surface area contributed by atoms with Crippen LogP contribution in [0.5, 0.6) is 0 Å². The van der Waals surface area contributed by atoms with Crippen LogP contribution in [0.4, 0.5) is 0 Å². The number of rotatable bonds is 2. The molecule has 0 radical (unpaired) electrons. The van der Waals surface area contributed by atoms with E-state index in [1.54, 1.807) is 0 Å². The molecule has 0 unspecified atom stereocenters. The molecule has 0 aromatic heterocycles. The molecular weight excluding hydrogens is 114 g/mol. The van der Waals surface area contributed by atoms with Gasteiger partial charge in [0.2, 0.25) is 5.78 Å². The van der Waals surface area contributed by atoms with Crippen molar-refractivity contribution in [1.82, 2.24) is 0 Å². The molecule has 0 saturated heterocycles. The lowest BCUT2D eigenvalue weighted by molar-refractivity contribution is -0.134. The highest BCUT2D eigenvalue weighted by Gasteiger charge is 2.02. The van der Waals surface area contributed by atoms with Gasteiger partial charge in [-0.25, -0.2) is 0 Å². The Morgan fingerprint density at radius 3 is 2.00 bits per heavy atom. The number of thiol groups is 1. The third-order valence-electron chi connectivity index (χ3n) is 0.418. The molecule has 0 aliphatic rings. The Morgan fingerprint density at radius 1 is 1.57 bits per heavy atom. The second kappa shape index (κ2) is 2.63. The van der Waals surface area contributed by atoms with Gasteiger partial charge in [0, 0.05) is 0 Å². The molecule has 0 aromatic rings. The zero-order valence-corrected chi connectivity index (χ0v) is 4.44. The van der Waals surface area contributed by atoms with Gasteiger partial charge in [0.25, 0.3) is 5.91 Å². The quantitative estimate of drug-likeness (QED) is 0.360. The fraction of sp³-hybridized carbons (Fsp3) is 0.333. The topological polar surface area (TPSA) is 60.2 Å². The van der Waals surface area contributed by atoms with Gasteiger partial charge in [0.1, 0.15) is 0 Å². The van der Waals surface area contributed by atoms with Gasteiger partial charge in [-0.2, -0.15) is 12.6 Å². The number of hydrogen-bond acceptors (Lipinski definition) is 3. The van der Waals surface area contributed by atoms with Gasteiger partial charge >= 0.3 is 0 Å². The van der Waals surface area contributed by atoms with E-state index in [2.05, 4.69) is 18.4 Å². The Labute approximate surface area is 46.3 Å². The minimum Gasteiger partial charge on any atom is -0.363 e. The average Bonchev–Trinajstić information content (AvgIpc) is 1.65. The van der Waals surface area contributed by atoms with E-state index in [1.807, 2.05) is 0 Å². The van der Waals surface area contributed by atoms with Crippen LogP contribution in [0.3, 0.4) is 0 Å². The van der Waals surface area contributed by atoms with Crippen LogP contribution in [0.1, 0.15) is 0 Å². The molecule has 0 heterocycles. The summed E-state index contributed by atoms with van der Waals surface area (Å²) in [7, 11) is 0. The number of primary amides is 1. The van der Waals surface area contributed by atoms with Crippen LogP contribution >= 0.6 is 12.6 Å². The lowest BCUT2D eigenvalue weighted by Crippen LogP contribution is -2.23. The fourth-order valence-corrected chi connectivity index (χ4v) is 0.234. The van der Waals surface area contributed by atoms with Crippen LogP contribution in [0.15, 0.2) is 0 Å². The summed E-state index contributed by atoms with van der Waals surface area (Å²) in [6.07, 6.45) is 0. The summed E-state index contributed by atoms with van der Waals surface area (Å²) in [4.78, 5) is 19.7. The molecule has 0 rings (SSSR count). The van der Waals surface area contributed by atoms with Gasteiger partial charge in [0.15, 0.2) is 0 Å². The van der Waals surface area contributed by atoms with Gasteiger partial charge in [0.05, 0.1) is 5.75 Å². The van der Waals surface area contributed by atoms with Crippen molar-refractivity contribution in [1.29, 1.82) is 0 Å². The molecule has 3 nitrogen and oxygen atoms in total. The molecule has 2 N–H and O–H groups in total. The highest BCUT2D eigenvalue weighted by molar-refractivity contribution is 7.81. The fourth-order valence-electron chi connectivity index (χ4n) is 0.0779. The second-order valence-corrected chi connectivity index (χ2v) is 1.26. The number of amides is 1. The number of hydrogen-bond donors (Lipinski definition) is 2. The first-order chi connectivity index (χ1) is 3.18. The number of carbonyl (C=O) groups excluding carboxylic acids is 2. The first kappa shape index (κ1) is 6.49. The van der Waals surface area contributed by atoms with E-state index >= 15 is 0 Å². The van der Waals surface area contributed by atoms with Gasteiger partial charge in [-0.1, -0.05) is 0 Å². The van der Waals surface area contributed by atoms with E-state index < -0.39 is 11.7 Å². The maximum Gasteiger partial charge on any atom is 0.285 e. The minimum atomic E-state index is -0.921. The first-order valence-corrected chi connectivity index (χ1v) is 2.25. The molecule has 40 valence electrons. The zero-order valence-electron chi connectivity index (χ0n) is 3.55. The third-order valence-corrected chi connectivity index (χ3v) is 0.706. The molecule has 0 bridgehead atoms. The molecule has 7 heavy (non-hydrogen) atoms. The smallest absolute Gasteiger partial charge is 0.285 e. The lowest BCUT2D eigenvalue weighted by atomic mass is 10.4. The van der Waals surface area contributed by atoms with Gasteiger partial charge in [-0.05, 0) is 0 Å². The van der Waals surface area contributed by atoms with Crippen molar-refractivity contribution in [3.8, 4) is 0 Å². The van der Waals surface area contributed by atoms with Crippen molar-refractivity contribution in [2.24, 2.45) is 5.73 Å². The summed E-state index contributed by atoms with van der Waals surface area (Å²) < 4.78 is 0. The van der Waals surface area contributed by atoms with Crippen molar-refractivity contribution >= 4 is 24.3 Å². The van der Waals surface area contributed by atoms with Crippen molar-refractivity contribution in [2.45, 2.75) is 0 Å². The summed E-state index contributed by atoms with van der Waals surface area (Å²) in [6, 6.07) is 0. The number of nitrogens with two attached hydrogens (primary N) is 1. The summed E-state index contributed by atoms with van der Waals surface area (Å²) in [6.45, 7) is 0. The Morgan fingerprint density at radius 2 is 2.00 bits per heavy atom. The van der Waals surface area contributed by atoms with E-state index in [0.29, 0.717) is 0 Å². The highest BCUT2D eigenvalue weighted by atomic mass is 32.1. The molecule has 0 aliphatic heterocycles. The first-order valence-electron chi connectivity index (χ1n) is 1.62. The van der Waals surface area contributed by atoms with E-state index in [-0.39, 0.29) is 5.75 Å². The van der Waals surface area contributed by atoms with E-state index in [0.717, 1.165) is 0 Å². The predicted octanol–water partition coefficient (Wildman–Crippen LogP) is -1.03. The number of carbonyl (C=O) groups is 2. The Balaban J connectivity index is 3.58. The standard InChI is InChI=1S/C3H5NO2S/c4-3(6)2(5)1-7/h7H,1H2,(H2,4,6). The van der Waals surface area contributed by atoms with Crippen LogP contribution in [-0.4, -0.2) is 17.4 Å². The van der Waals surface area contributed by atoms with Crippen LogP contribution in [-0.2, 0) is 9.59 Å². The maximum absolute atomic E-state index is 9.96. The molecule has 1 amide bonds. The SMILES string of the molecule is NC(=O)C(=O)CS. The lowest BCUT2D eigenvalue weighted by Gasteiger charge is -1.81. The van der Waals surface area contributed by atoms with Crippen molar-refractivity contribution in [2.75, 3.05) is 5.75 Å². The molecule has 0 spiro atoms.